The normalized spacial score (nSPS) is 13.0. The predicted molar refractivity (Wildman–Crippen MR) is 72.9 cm³/mol. The Hall–Kier alpha value is -1.60. The second-order valence-corrected chi connectivity index (χ2v) is 6.41. The molecule has 0 aliphatic carbocycles. The van der Waals surface area contributed by atoms with E-state index in [9.17, 15) is 18.3 Å². The van der Waals surface area contributed by atoms with Crippen LogP contribution in [0.25, 0.3) is 0 Å². The maximum Gasteiger partial charge on any atom is 0.228 e. The molecule has 1 amide bonds. The molecule has 1 aromatic rings. The largest absolute Gasteiger partial charge is 0.506 e. The summed E-state index contributed by atoms with van der Waals surface area (Å²) in [6.45, 7) is 2.21. The number of carbonyl (C=O) groups excluding carboxylic acids is 1. The third-order valence-corrected chi connectivity index (χ3v) is 3.72. The van der Waals surface area contributed by atoms with E-state index in [1.807, 2.05) is 0 Å². The maximum absolute atomic E-state index is 11.8. The number of rotatable bonds is 5. The van der Waals surface area contributed by atoms with Gasteiger partial charge in [-0.25, -0.2) is 8.42 Å². The van der Waals surface area contributed by atoms with Crippen LogP contribution in [0.5, 0.6) is 5.75 Å². The van der Waals surface area contributed by atoms with Gasteiger partial charge in [0.25, 0.3) is 0 Å². The van der Waals surface area contributed by atoms with Crippen molar-refractivity contribution in [2.24, 2.45) is 5.92 Å². The van der Waals surface area contributed by atoms with Crippen LogP contribution in [-0.4, -0.2) is 39.3 Å². The lowest BCUT2D eigenvalue weighted by atomic mass is 10.1. The van der Waals surface area contributed by atoms with Crippen LogP contribution in [0.3, 0.4) is 0 Å². The number of nitrogens with one attached hydrogen (secondary N) is 2. The highest BCUT2D eigenvalue weighted by Gasteiger charge is 2.16. The molecule has 0 saturated carbocycles. The van der Waals surface area contributed by atoms with E-state index in [0.29, 0.717) is 6.54 Å². The lowest BCUT2D eigenvalue weighted by Gasteiger charge is -2.13. The zero-order valence-corrected chi connectivity index (χ0v) is 11.9. The Morgan fingerprint density at radius 3 is 2.58 bits per heavy atom. The Labute approximate surface area is 112 Å². The third-order valence-electron chi connectivity index (χ3n) is 2.61. The molecule has 6 nitrogen and oxygen atoms in total. The van der Waals surface area contributed by atoms with Gasteiger partial charge in [-0.2, -0.15) is 0 Å². The minimum Gasteiger partial charge on any atom is -0.506 e. The van der Waals surface area contributed by atoms with Gasteiger partial charge >= 0.3 is 0 Å². The van der Waals surface area contributed by atoms with Crippen LogP contribution in [0.2, 0.25) is 0 Å². The highest BCUT2D eigenvalue weighted by atomic mass is 32.2. The zero-order chi connectivity index (χ0) is 14.6. The van der Waals surface area contributed by atoms with E-state index in [0.717, 1.165) is 6.26 Å². The Balaban J connectivity index is 2.98. The fourth-order valence-electron chi connectivity index (χ4n) is 1.50. The summed E-state index contributed by atoms with van der Waals surface area (Å²) < 4.78 is 22.8. The fraction of sp³-hybridized carbons (Fsp3) is 0.417. The van der Waals surface area contributed by atoms with Crippen molar-refractivity contribution >= 4 is 21.4 Å². The van der Waals surface area contributed by atoms with Crippen LogP contribution in [0.1, 0.15) is 6.92 Å². The summed E-state index contributed by atoms with van der Waals surface area (Å²) >= 11 is 0. The summed E-state index contributed by atoms with van der Waals surface area (Å²) in [6, 6.07) is 3.78. The lowest BCUT2D eigenvalue weighted by Crippen LogP contribution is -2.28. The van der Waals surface area contributed by atoms with Crippen molar-refractivity contribution in [2.45, 2.75) is 11.8 Å². The van der Waals surface area contributed by atoms with E-state index >= 15 is 0 Å². The van der Waals surface area contributed by atoms with Gasteiger partial charge in [0, 0.05) is 18.7 Å². The molecule has 0 radical (unpaired) electrons. The first-order valence-electron chi connectivity index (χ1n) is 5.74. The van der Waals surface area contributed by atoms with Crippen LogP contribution in [0.15, 0.2) is 23.1 Å². The summed E-state index contributed by atoms with van der Waals surface area (Å²) in [5.74, 6) is -0.765. The van der Waals surface area contributed by atoms with E-state index < -0.39 is 9.84 Å². The minimum atomic E-state index is -3.38. The number of anilines is 1. The lowest BCUT2D eigenvalue weighted by molar-refractivity contribution is -0.119. The minimum absolute atomic E-state index is 0.0434. The predicted octanol–water partition coefficient (Wildman–Crippen LogP) is 0.590. The summed E-state index contributed by atoms with van der Waals surface area (Å²) in [5, 5.41) is 15.0. The molecule has 1 aromatic carbocycles. The average molecular weight is 286 g/mol. The average Bonchev–Trinajstić information content (AvgIpc) is 2.30. The molecule has 0 heterocycles. The monoisotopic (exact) mass is 286 g/mol. The van der Waals surface area contributed by atoms with Gasteiger partial charge in [0.1, 0.15) is 5.75 Å². The molecule has 1 unspecified atom stereocenters. The Bertz CT molecular complexity index is 569. The van der Waals surface area contributed by atoms with Gasteiger partial charge in [0.15, 0.2) is 9.84 Å². The van der Waals surface area contributed by atoms with E-state index in [1.54, 1.807) is 14.0 Å². The van der Waals surface area contributed by atoms with Crippen molar-refractivity contribution in [1.82, 2.24) is 5.32 Å². The van der Waals surface area contributed by atoms with Crippen molar-refractivity contribution in [3.63, 3.8) is 0 Å². The molecule has 106 valence electrons. The quantitative estimate of drug-likeness (QED) is 0.689. The number of aromatic hydroxyl groups is 1. The summed E-state index contributed by atoms with van der Waals surface area (Å²) in [5.41, 5.74) is 0.0934. The number of phenolic OH excluding ortho intramolecular Hbond substituents is 1. The smallest absolute Gasteiger partial charge is 0.228 e. The third kappa shape index (κ3) is 4.22. The molecule has 0 saturated heterocycles. The second kappa shape index (κ2) is 6.03. The summed E-state index contributed by atoms with van der Waals surface area (Å²) in [7, 11) is -1.66. The molecule has 0 bridgehead atoms. The molecule has 0 aromatic heterocycles. The van der Waals surface area contributed by atoms with Gasteiger partial charge in [-0.15, -0.1) is 0 Å². The number of hydrogen-bond donors (Lipinski definition) is 3. The van der Waals surface area contributed by atoms with E-state index in [1.165, 1.54) is 18.2 Å². The summed E-state index contributed by atoms with van der Waals surface area (Å²) in [4.78, 5) is 11.8. The topological polar surface area (TPSA) is 95.5 Å². The van der Waals surface area contributed by atoms with Crippen LogP contribution in [0.4, 0.5) is 5.69 Å². The van der Waals surface area contributed by atoms with Crippen molar-refractivity contribution in [3.05, 3.63) is 18.2 Å². The van der Waals surface area contributed by atoms with Crippen LogP contribution in [-0.2, 0) is 14.6 Å². The molecule has 7 heteroatoms. The molecule has 0 spiro atoms. The zero-order valence-electron chi connectivity index (χ0n) is 11.1. The molecular formula is C12H18N2O4S. The van der Waals surface area contributed by atoms with E-state index in [4.69, 9.17) is 0 Å². The molecule has 1 atom stereocenters. The number of hydrogen-bond acceptors (Lipinski definition) is 5. The first-order chi connectivity index (χ1) is 8.75. The number of carbonyl (C=O) groups is 1. The Morgan fingerprint density at radius 1 is 1.42 bits per heavy atom. The van der Waals surface area contributed by atoms with Crippen LogP contribution < -0.4 is 10.6 Å². The summed E-state index contributed by atoms with van der Waals surface area (Å²) in [6.07, 6.45) is 1.06. The molecule has 19 heavy (non-hydrogen) atoms. The Kier molecular flexibility index (Phi) is 4.90. The second-order valence-electron chi connectivity index (χ2n) is 4.40. The number of sulfone groups is 1. The molecule has 3 N–H and O–H groups in total. The first kappa shape index (κ1) is 15.5. The van der Waals surface area contributed by atoms with Gasteiger partial charge in [-0.05, 0) is 25.2 Å². The molecular weight excluding hydrogens is 268 g/mol. The SMILES string of the molecule is CNCC(C)C(=O)Nc1cc(S(C)(=O)=O)ccc1O. The van der Waals surface area contributed by atoms with Crippen molar-refractivity contribution < 1.29 is 18.3 Å². The van der Waals surface area contributed by atoms with Crippen LogP contribution in [0, 0.1) is 5.92 Å². The number of amides is 1. The molecule has 0 aliphatic rings. The first-order valence-corrected chi connectivity index (χ1v) is 7.63. The van der Waals surface area contributed by atoms with E-state index in [2.05, 4.69) is 10.6 Å². The van der Waals surface area contributed by atoms with Crippen molar-refractivity contribution in [3.8, 4) is 5.75 Å². The highest BCUT2D eigenvalue weighted by Crippen LogP contribution is 2.26. The van der Waals surface area contributed by atoms with Gasteiger partial charge in [0.2, 0.25) is 5.91 Å². The number of phenols is 1. The maximum atomic E-state index is 11.8. The molecule has 0 fully saturated rings. The van der Waals surface area contributed by atoms with Gasteiger partial charge in [-0.1, -0.05) is 6.92 Å². The fourth-order valence-corrected chi connectivity index (χ4v) is 2.15. The van der Waals surface area contributed by atoms with Gasteiger partial charge in [0.05, 0.1) is 10.6 Å². The van der Waals surface area contributed by atoms with E-state index in [-0.39, 0.29) is 28.2 Å². The molecule has 0 aliphatic heterocycles. The highest BCUT2D eigenvalue weighted by molar-refractivity contribution is 7.90. The van der Waals surface area contributed by atoms with Gasteiger partial charge in [-0.3, -0.25) is 4.79 Å². The number of benzene rings is 1. The van der Waals surface area contributed by atoms with Crippen molar-refractivity contribution in [1.29, 1.82) is 0 Å². The van der Waals surface area contributed by atoms with Crippen LogP contribution >= 0.6 is 0 Å². The van der Waals surface area contributed by atoms with Gasteiger partial charge < -0.3 is 15.7 Å². The van der Waals surface area contributed by atoms with Crippen molar-refractivity contribution in [2.75, 3.05) is 25.2 Å². The standard InChI is InChI=1S/C12H18N2O4S/c1-8(7-13-2)12(16)14-10-6-9(19(3,17)18)4-5-11(10)15/h4-6,8,13,15H,7H2,1-3H3,(H,14,16). The Morgan fingerprint density at radius 2 is 2.05 bits per heavy atom. The molecule has 1 rings (SSSR count).